The average molecular weight is 430 g/mol. The van der Waals surface area contributed by atoms with Crippen LogP contribution in [-0.4, -0.2) is 16.7 Å². The molecule has 0 saturated carbocycles. The molecule has 3 heterocycles. The number of para-hydroxylation sites is 1. The lowest BCUT2D eigenvalue weighted by molar-refractivity contribution is 0.488. The van der Waals surface area contributed by atoms with Gasteiger partial charge in [0.05, 0.1) is 5.52 Å². The second-order valence-electron chi connectivity index (χ2n) is 6.76. The van der Waals surface area contributed by atoms with E-state index in [9.17, 15) is 0 Å². The zero-order valence-corrected chi connectivity index (χ0v) is 17.7. The van der Waals surface area contributed by atoms with Crippen LogP contribution in [0.3, 0.4) is 0 Å². The van der Waals surface area contributed by atoms with Gasteiger partial charge in [-0.05, 0) is 53.4 Å². The van der Waals surface area contributed by atoms with Crippen molar-refractivity contribution in [3.05, 3.63) is 93.7 Å². The molecule has 2 aromatic heterocycles. The number of hydrogen-bond acceptors (Lipinski definition) is 6. The number of aromatic nitrogens is 1. The van der Waals surface area contributed by atoms with Crippen molar-refractivity contribution < 1.29 is 4.74 Å². The molecule has 0 radical (unpaired) electrons. The molecule has 1 N–H and O–H groups in total. The van der Waals surface area contributed by atoms with Gasteiger partial charge >= 0.3 is 0 Å². The van der Waals surface area contributed by atoms with Crippen LogP contribution in [0, 0.1) is 0 Å². The first-order chi connectivity index (χ1) is 14.8. The minimum absolute atomic E-state index is 0.0532. The predicted molar refractivity (Wildman–Crippen MR) is 127 cm³/mol. The fourth-order valence-electron chi connectivity index (χ4n) is 3.19. The fourth-order valence-corrected chi connectivity index (χ4v) is 4.72. The van der Waals surface area contributed by atoms with Crippen LogP contribution < -0.4 is 10.1 Å². The highest BCUT2D eigenvalue weighted by molar-refractivity contribution is 8.04. The number of ether oxygens (including phenoxy) is 1. The number of aliphatic imine (C=N–C) groups is 1. The number of nitrogens with one attached hydrogen (secondary N) is 1. The molecule has 0 fully saturated rings. The number of fused-ring (bicyclic) bond motifs is 1. The van der Waals surface area contributed by atoms with Crippen LogP contribution in [0.1, 0.15) is 10.4 Å². The smallest absolute Gasteiger partial charge is 0.151 e. The molecule has 1 unspecified atom stereocenters. The summed E-state index contributed by atoms with van der Waals surface area (Å²) < 4.78 is 6.10. The molecule has 2 aromatic carbocycles. The van der Waals surface area contributed by atoms with Crippen LogP contribution in [-0.2, 0) is 6.54 Å². The summed E-state index contributed by atoms with van der Waals surface area (Å²) in [4.78, 5) is 11.5. The van der Waals surface area contributed by atoms with Gasteiger partial charge in [-0.25, -0.2) is 0 Å². The van der Waals surface area contributed by atoms with Gasteiger partial charge in [0.25, 0.3) is 0 Å². The number of thiophene rings is 1. The molecule has 1 aliphatic rings. The Morgan fingerprint density at radius 2 is 1.97 bits per heavy atom. The average Bonchev–Trinajstić information content (AvgIpc) is 3.45. The minimum Gasteiger partial charge on any atom is -0.457 e. The van der Waals surface area contributed by atoms with Gasteiger partial charge in [-0.2, -0.15) is 0 Å². The van der Waals surface area contributed by atoms with Crippen molar-refractivity contribution >= 4 is 46.3 Å². The lowest BCUT2D eigenvalue weighted by Gasteiger charge is -2.09. The number of pyridine rings is 1. The van der Waals surface area contributed by atoms with Crippen molar-refractivity contribution in [2.45, 2.75) is 12.0 Å². The summed E-state index contributed by atoms with van der Waals surface area (Å²) >= 11 is 3.48. The first kappa shape index (κ1) is 19.1. The molecule has 0 bridgehead atoms. The number of allylic oxidation sites excluding steroid dienone is 1. The molecule has 30 heavy (non-hydrogen) atoms. The van der Waals surface area contributed by atoms with Crippen molar-refractivity contribution in [2.24, 2.45) is 4.99 Å². The molecule has 0 spiro atoms. The van der Waals surface area contributed by atoms with E-state index in [1.807, 2.05) is 48.7 Å². The van der Waals surface area contributed by atoms with Crippen LogP contribution in [0.5, 0.6) is 11.5 Å². The van der Waals surface area contributed by atoms with E-state index in [0.717, 1.165) is 39.4 Å². The van der Waals surface area contributed by atoms with E-state index in [1.54, 1.807) is 29.3 Å². The summed E-state index contributed by atoms with van der Waals surface area (Å²) in [6.07, 6.45) is 5.87. The molecule has 1 aliphatic heterocycles. The molecule has 6 heteroatoms. The van der Waals surface area contributed by atoms with E-state index in [2.05, 4.69) is 51.0 Å². The Hall–Kier alpha value is -2.93. The number of hydrogen-bond donors (Lipinski definition) is 1. The van der Waals surface area contributed by atoms with Crippen molar-refractivity contribution in [1.29, 1.82) is 0 Å². The molecule has 148 valence electrons. The van der Waals surface area contributed by atoms with E-state index in [0.29, 0.717) is 0 Å². The maximum Gasteiger partial charge on any atom is 0.151 e. The van der Waals surface area contributed by atoms with E-state index >= 15 is 0 Å². The monoisotopic (exact) mass is 429 g/mol. The van der Waals surface area contributed by atoms with Crippen molar-refractivity contribution in [1.82, 2.24) is 10.3 Å². The largest absolute Gasteiger partial charge is 0.457 e. The Kier molecular flexibility index (Phi) is 5.61. The summed E-state index contributed by atoms with van der Waals surface area (Å²) in [6.45, 7) is 0.835. The highest BCUT2D eigenvalue weighted by Crippen LogP contribution is 2.32. The van der Waals surface area contributed by atoms with Crippen LogP contribution in [0.2, 0.25) is 0 Å². The number of rotatable bonds is 6. The third-order valence-electron chi connectivity index (χ3n) is 4.62. The number of nitrogens with zero attached hydrogens (tertiary/aromatic N) is 2. The summed E-state index contributed by atoms with van der Waals surface area (Å²) in [6, 6.07) is 22.2. The first-order valence-electron chi connectivity index (χ1n) is 9.62. The van der Waals surface area contributed by atoms with Crippen LogP contribution in [0.4, 0.5) is 0 Å². The Bertz CT molecular complexity index is 1200. The van der Waals surface area contributed by atoms with Gasteiger partial charge in [-0.3, -0.25) is 15.3 Å². The van der Waals surface area contributed by atoms with Crippen LogP contribution in [0.25, 0.3) is 17.0 Å². The van der Waals surface area contributed by atoms with E-state index in [-0.39, 0.29) is 5.50 Å². The maximum atomic E-state index is 6.10. The fraction of sp³-hybridized carbons (Fsp3) is 0.0833. The van der Waals surface area contributed by atoms with Gasteiger partial charge in [0.1, 0.15) is 11.5 Å². The maximum absolute atomic E-state index is 6.10. The lowest BCUT2D eigenvalue weighted by atomic mass is 10.1. The first-order valence-corrected chi connectivity index (χ1v) is 11.4. The molecule has 0 aliphatic carbocycles. The van der Waals surface area contributed by atoms with Gasteiger partial charge in [-0.1, -0.05) is 42.1 Å². The lowest BCUT2D eigenvalue weighted by Crippen LogP contribution is -2.20. The van der Waals surface area contributed by atoms with Crippen molar-refractivity contribution in [3.8, 4) is 11.5 Å². The molecule has 5 rings (SSSR count). The Morgan fingerprint density at radius 1 is 1.03 bits per heavy atom. The van der Waals surface area contributed by atoms with Crippen LogP contribution >= 0.6 is 23.1 Å². The molecular formula is C24H19N3OS2. The highest BCUT2D eigenvalue weighted by Gasteiger charge is 2.15. The predicted octanol–water partition coefficient (Wildman–Crippen LogP) is 6.32. The SMILES string of the molecule is C1=NC(NCc2cccs2)S/C1=C\c1ccc2nccc(Oc3ccccc3)c2c1. The van der Waals surface area contributed by atoms with E-state index in [4.69, 9.17) is 4.74 Å². The number of benzene rings is 2. The molecule has 0 saturated heterocycles. The van der Waals surface area contributed by atoms with Crippen molar-refractivity contribution in [3.63, 3.8) is 0 Å². The molecule has 1 atom stereocenters. The van der Waals surface area contributed by atoms with Gasteiger partial charge in [0.15, 0.2) is 5.50 Å². The van der Waals surface area contributed by atoms with Gasteiger partial charge in [0, 0.05) is 34.1 Å². The van der Waals surface area contributed by atoms with Crippen molar-refractivity contribution in [2.75, 3.05) is 0 Å². The molecule has 0 amide bonds. The summed E-state index contributed by atoms with van der Waals surface area (Å²) in [5.74, 6) is 1.61. The van der Waals surface area contributed by atoms with Gasteiger partial charge in [0.2, 0.25) is 0 Å². The standard InChI is InChI=1S/C24H19N3OS2/c1-2-5-18(6-3-1)28-23-10-11-25-22-9-8-17(14-21(22)23)13-20-16-27-24(30-20)26-15-19-7-4-12-29-19/h1-14,16,24,26H,15H2/b20-13-. The van der Waals surface area contributed by atoms with E-state index in [1.165, 1.54) is 4.88 Å². The zero-order chi connectivity index (χ0) is 20.2. The minimum atomic E-state index is 0.0532. The van der Waals surface area contributed by atoms with Crippen LogP contribution in [0.15, 0.2) is 88.2 Å². The summed E-state index contributed by atoms with van der Waals surface area (Å²) in [5, 5.41) is 6.55. The van der Waals surface area contributed by atoms with Gasteiger partial charge < -0.3 is 4.74 Å². The Labute approximate surface area is 183 Å². The van der Waals surface area contributed by atoms with E-state index < -0.39 is 0 Å². The second kappa shape index (κ2) is 8.83. The Balaban J connectivity index is 1.33. The summed E-state index contributed by atoms with van der Waals surface area (Å²) in [5.41, 5.74) is 2.06. The Morgan fingerprint density at radius 3 is 2.83 bits per heavy atom. The quantitative estimate of drug-likeness (QED) is 0.389. The normalized spacial score (nSPS) is 17.1. The zero-order valence-electron chi connectivity index (χ0n) is 16.1. The molecule has 4 nitrogen and oxygen atoms in total. The summed E-state index contributed by atoms with van der Waals surface area (Å²) in [7, 11) is 0. The third-order valence-corrected chi connectivity index (χ3v) is 6.50. The second-order valence-corrected chi connectivity index (χ2v) is 8.94. The van der Waals surface area contributed by atoms with Gasteiger partial charge in [-0.15, -0.1) is 11.3 Å². The topological polar surface area (TPSA) is 46.5 Å². The number of thioether (sulfide) groups is 1. The highest BCUT2D eigenvalue weighted by atomic mass is 32.2. The molecule has 4 aromatic rings. The molecular weight excluding hydrogens is 410 g/mol. The third kappa shape index (κ3) is 4.46.